The van der Waals surface area contributed by atoms with Crippen LogP contribution in [0.1, 0.15) is 16.3 Å². The van der Waals surface area contributed by atoms with Gasteiger partial charge in [-0.2, -0.15) is 9.37 Å². The van der Waals surface area contributed by atoms with Gasteiger partial charge in [-0.15, -0.1) is 0 Å². The summed E-state index contributed by atoms with van der Waals surface area (Å²) in [5, 5.41) is 5.98. The van der Waals surface area contributed by atoms with Crippen LogP contribution in [-0.4, -0.2) is 21.0 Å². The third-order valence-electron chi connectivity index (χ3n) is 1.76. The first-order valence-corrected chi connectivity index (χ1v) is 4.42. The normalized spacial score (nSPS) is 10.1. The Morgan fingerprint density at radius 1 is 1.50 bits per heavy atom. The van der Waals surface area contributed by atoms with Gasteiger partial charge in [0.2, 0.25) is 12.3 Å². The first kappa shape index (κ1) is 10.2. The molecule has 7 heteroatoms. The van der Waals surface area contributed by atoms with E-state index < -0.39 is 11.9 Å². The Kier molecular flexibility index (Phi) is 2.86. The summed E-state index contributed by atoms with van der Waals surface area (Å²) in [6.07, 6.45) is 1.15. The lowest BCUT2D eigenvalue weighted by molar-refractivity contribution is 0.0943. The van der Waals surface area contributed by atoms with E-state index in [1.54, 1.807) is 0 Å². The van der Waals surface area contributed by atoms with Crippen molar-refractivity contribution < 1.29 is 13.7 Å². The van der Waals surface area contributed by atoms with Crippen molar-refractivity contribution in [2.24, 2.45) is 0 Å². The predicted molar refractivity (Wildman–Crippen MR) is 49.7 cm³/mol. The van der Waals surface area contributed by atoms with Crippen molar-refractivity contribution >= 4 is 5.91 Å². The van der Waals surface area contributed by atoms with Crippen molar-refractivity contribution in [3.8, 4) is 0 Å². The smallest absolute Gasteiger partial charge is 0.270 e. The molecule has 6 nitrogen and oxygen atoms in total. The van der Waals surface area contributed by atoms with Crippen molar-refractivity contribution in [3.05, 3.63) is 42.1 Å². The summed E-state index contributed by atoms with van der Waals surface area (Å²) in [7, 11) is 0. The van der Waals surface area contributed by atoms with Gasteiger partial charge in [0.25, 0.3) is 5.91 Å². The minimum Gasteiger partial charge on any atom is -0.343 e. The molecule has 82 valence electrons. The molecule has 16 heavy (non-hydrogen) atoms. The maximum absolute atomic E-state index is 12.7. The Hall–Kier alpha value is -2.31. The first-order valence-electron chi connectivity index (χ1n) is 4.42. The number of carbonyl (C=O) groups excluding carboxylic acids is 1. The number of nitrogens with one attached hydrogen (secondary N) is 1. The Bertz CT molecular complexity index is 486. The summed E-state index contributed by atoms with van der Waals surface area (Å²) in [5.74, 6) is -0.860. The lowest BCUT2D eigenvalue weighted by Gasteiger charge is -2.00. The number of pyridine rings is 1. The second-order valence-corrected chi connectivity index (χ2v) is 2.88. The minimum absolute atomic E-state index is 0.00324. The molecule has 0 aliphatic heterocycles. The van der Waals surface area contributed by atoms with Crippen molar-refractivity contribution in [2.75, 3.05) is 0 Å². The van der Waals surface area contributed by atoms with E-state index in [9.17, 15) is 9.18 Å². The molecule has 2 aromatic rings. The average Bonchev–Trinajstić information content (AvgIpc) is 2.78. The highest BCUT2D eigenvalue weighted by atomic mass is 19.1. The van der Waals surface area contributed by atoms with Crippen LogP contribution in [0, 0.1) is 5.95 Å². The molecule has 0 spiro atoms. The standard InChI is InChI=1S/C9H7FN4O2/c10-7-3-1-2-6(13-7)9(15)11-4-8-12-5-16-14-8/h1-3,5H,4H2,(H,11,15). The third kappa shape index (κ3) is 2.38. The van der Waals surface area contributed by atoms with Gasteiger partial charge in [0.1, 0.15) is 5.69 Å². The summed E-state index contributed by atoms with van der Waals surface area (Å²) in [6.45, 7) is 0.105. The minimum atomic E-state index is -0.702. The Balaban J connectivity index is 1.98. The largest absolute Gasteiger partial charge is 0.343 e. The quantitative estimate of drug-likeness (QED) is 0.766. The van der Waals surface area contributed by atoms with Crippen LogP contribution in [0.3, 0.4) is 0 Å². The second-order valence-electron chi connectivity index (χ2n) is 2.88. The molecule has 2 heterocycles. The van der Waals surface area contributed by atoms with Gasteiger partial charge < -0.3 is 9.84 Å². The lowest BCUT2D eigenvalue weighted by atomic mass is 10.3. The van der Waals surface area contributed by atoms with Crippen LogP contribution in [0.15, 0.2) is 29.1 Å². The SMILES string of the molecule is O=C(NCc1ncon1)c1cccc(F)n1. The Morgan fingerprint density at radius 2 is 2.38 bits per heavy atom. The van der Waals surface area contributed by atoms with Crippen LogP contribution in [0.5, 0.6) is 0 Å². The van der Waals surface area contributed by atoms with E-state index in [4.69, 9.17) is 0 Å². The number of amides is 1. The summed E-state index contributed by atoms with van der Waals surface area (Å²) >= 11 is 0. The predicted octanol–water partition coefficient (Wildman–Crippen LogP) is 0.534. The summed E-state index contributed by atoms with van der Waals surface area (Å²) in [4.78, 5) is 18.6. The number of aromatic nitrogens is 3. The molecular weight excluding hydrogens is 215 g/mol. The number of carbonyl (C=O) groups is 1. The molecular formula is C9H7FN4O2. The van der Waals surface area contributed by atoms with E-state index >= 15 is 0 Å². The van der Waals surface area contributed by atoms with Crippen molar-refractivity contribution in [1.82, 2.24) is 20.4 Å². The van der Waals surface area contributed by atoms with Gasteiger partial charge in [-0.25, -0.2) is 4.98 Å². The molecule has 2 aromatic heterocycles. The fourth-order valence-corrected chi connectivity index (χ4v) is 1.05. The summed E-state index contributed by atoms with van der Waals surface area (Å²) in [5.41, 5.74) is 0.00324. The van der Waals surface area contributed by atoms with Crippen LogP contribution < -0.4 is 5.32 Å². The highest BCUT2D eigenvalue weighted by Gasteiger charge is 2.08. The molecule has 1 amide bonds. The summed E-state index contributed by atoms with van der Waals surface area (Å²) < 4.78 is 17.2. The second kappa shape index (κ2) is 4.47. The zero-order valence-corrected chi connectivity index (χ0v) is 8.05. The molecule has 0 fully saturated rings. The number of halogens is 1. The molecule has 0 unspecified atom stereocenters. The number of rotatable bonds is 3. The Morgan fingerprint density at radius 3 is 3.06 bits per heavy atom. The molecule has 0 aliphatic carbocycles. The zero-order chi connectivity index (χ0) is 11.4. The summed E-state index contributed by atoms with van der Waals surface area (Å²) in [6, 6.07) is 3.98. The van der Waals surface area contributed by atoms with Gasteiger partial charge in [0.15, 0.2) is 5.82 Å². The maximum Gasteiger partial charge on any atom is 0.270 e. The molecule has 0 aromatic carbocycles. The van der Waals surface area contributed by atoms with Gasteiger partial charge in [-0.1, -0.05) is 11.2 Å². The van der Waals surface area contributed by atoms with E-state index in [1.807, 2.05) is 0 Å². The monoisotopic (exact) mass is 222 g/mol. The molecule has 2 rings (SSSR count). The molecule has 0 bridgehead atoms. The highest BCUT2D eigenvalue weighted by molar-refractivity contribution is 5.92. The van der Waals surface area contributed by atoms with Gasteiger partial charge in [0.05, 0.1) is 6.54 Å². The topological polar surface area (TPSA) is 80.9 Å². The fraction of sp³-hybridized carbons (Fsp3) is 0.111. The number of hydrogen-bond donors (Lipinski definition) is 1. The van der Waals surface area contributed by atoms with Crippen molar-refractivity contribution in [2.45, 2.75) is 6.54 Å². The molecule has 0 radical (unpaired) electrons. The van der Waals surface area contributed by atoms with Crippen LogP contribution in [-0.2, 0) is 6.54 Å². The van der Waals surface area contributed by atoms with Crippen LogP contribution in [0.25, 0.3) is 0 Å². The Labute approximate surface area is 89.5 Å². The van der Waals surface area contributed by atoms with Gasteiger partial charge >= 0.3 is 0 Å². The molecule has 1 N–H and O–H groups in total. The zero-order valence-electron chi connectivity index (χ0n) is 8.05. The van der Waals surface area contributed by atoms with Crippen molar-refractivity contribution in [3.63, 3.8) is 0 Å². The fourth-order valence-electron chi connectivity index (χ4n) is 1.05. The lowest BCUT2D eigenvalue weighted by Crippen LogP contribution is -2.24. The average molecular weight is 222 g/mol. The van der Waals surface area contributed by atoms with Crippen LogP contribution in [0.4, 0.5) is 4.39 Å². The van der Waals surface area contributed by atoms with E-state index in [1.165, 1.54) is 12.1 Å². The van der Waals surface area contributed by atoms with Crippen LogP contribution >= 0.6 is 0 Å². The van der Waals surface area contributed by atoms with E-state index in [2.05, 4.69) is 25.0 Å². The van der Waals surface area contributed by atoms with Gasteiger partial charge in [-0.3, -0.25) is 4.79 Å². The van der Waals surface area contributed by atoms with E-state index in [0.29, 0.717) is 5.82 Å². The highest BCUT2D eigenvalue weighted by Crippen LogP contribution is 1.98. The first-order chi connectivity index (χ1) is 7.75. The number of nitrogens with zero attached hydrogens (tertiary/aromatic N) is 3. The number of hydrogen-bond acceptors (Lipinski definition) is 5. The molecule has 0 saturated carbocycles. The van der Waals surface area contributed by atoms with Gasteiger partial charge in [0, 0.05) is 0 Å². The van der Waals surface area contributed by atoms with E-state index in [-0.39, 0.29) is 12.2 Å². The molecule has 0 saturated heterocycles. The maximum atomic E-state index is 12.7. The third-order valence-corrected chi connectivity index (χ3v) is 1.76. The molecule has 0 aliphatic rings. The van der Waals surface area contributed by atoms with Crippen molar-refractivity contribution in [1.29, 1.82) is 0 Å². The van der Waals surface area contributed by atoms with Gasteiger partial charge in [-0.05, 0) is 12.1 Å². The van der Waals surface area contributed by atoms with Crippen LogP contribution in [0.2, 0.25) is 0 Å². The molecule has 0 atom stereocenters. The van der Waals surface area contributed by atoms with E-state index in [0.717, 1.165) is 12.5 Å².